The Morgan fingerprint density at radius 2 is 2.22 bits per heavy atom. The summed E-state index contributed by atoms with van der Waals surface area (Å²) in [6, 6.07) is 0. The number of quaternary nitrogens is 1. The van der Waals surface area contributed by atoms with Crippen LogP contribution in [0, 0.1) is 0 Å². The molecule has 1 fully saturated rings. The topological polar surface area (TPSA) is 153 Å². The maximum absolute atomic E-state index is 11.7. The molecule has 6 N–H and O–H groups in total. The second kappa shape index (κ2) is 4.63. The van der Waals surface area contributed by atoms with E-state index in [0.29, 0.717) is 0 Å². The van der Waals surface area contributed by atoms with E-state index in [0.717, 1.165) is 6.34 Å². The minimum atomic E-state index is -1.38. The molecule has 18 heavy (non-hydrogen) atoms. The van der Waals surface area contributed by atoms with E-state index >= 15 is 0 Å². The second-order valence-corrected chi connectivity index (χ2v) is 4.01. The molecule has 1 unspecified atom stereocenters. The van der Waals surface area contributed by atoms with Gasteiger partial charge in [-0.1, -0.05) is 0 Å². The fourth-order valence-corrected chi connectivity index (χ4v) is 1.92. The number of nitrogens with two attached hydrogens (primary N) is 1. The predicted octanol–water partition coefficient (Wildman–Crippen LogP) is -5.63. The molecule has 0 radical (unpaired) electrons. The average molecular weight is 259 g/mol. The standard InChI is InChI=1S/C9H13N3O6/c10-7(16)4-8(17)12(2-11-4)9-6(15)5(14)3(1-13)18-9/h2-3,5-6,9,13-16H,1,10H2/b7-4+/t3-,5-,6-,9-/m1/s1. The van der Waals surface area contributed by atoms with Crippen molar-refractivity contribution >= 4 is 12.2 Å². The van der Waals surface area contributed by atoms with Crippen LogP contribution in [0.3, 0.4) is 0 Å². The molecule has 2 aliphatic rings. The Hall–Kier alpha value is -1.52. The third-order valence-corrected chi connectivity index (χ3v) is 2.89. The Labute approximate surface area is 101 Å². The van der Waals surface area contributed by atoms with Gasteiger partial charge in [0, 0.05) is 0 Å². The van der Waals surface area contributed by atoms with E-state index in [-0.39, 0.29) is 4.90 Å². The summed E-state index contributed by atoms with van der Waals surface area (Å²) in [5.74, 6) is -1.71. The van der Waals surface area contributed by atoms with E-state index in [1.165, 1.54) is 0 Å². The van der Waals surface area contributed by atoms with Gasteiger partial charge in [0.2, 0.25) is 6.23 Å². The van der Waals surface area contributed by atoms with Crippen molar-refractivity contribution in [1.29, 1.82) is 0 Å². The van der Waals surface area contributed by atoms with E-state index in [2.05, 4.69) is 4.99 Å². The van der Waals surface area contributed by atoms with E-state index < -0.39 is 48.6 Å². The highest BCUT2D eigenvalue weighted by molar-refractivity contribution is 5.94. The molecule has 1 saturated heterocycles. The first-order valence-electron chi connectivity index (χ1n) is 5.22. The first kappa shape index (κ1) is 12.9. The molecule has 9 nitrogen and oxygen atoms in total. The molecule has 100 valence electrons. The number of carbonyl (C=O) groups excluding carboxylic acids is 1. The van der Waals surface area contributed by atoms with Gasteiger partial charge in [-0.05, 0) is 5.88 Å². The zero-order valence-corrected chi connectivity index (χ0v) is 9.18. The summed E-state index contributed by atoms with van der Waals surface area (Å²) in [4.78, 5) is 15.2. The number of aliphatic hydroxyl groups is 3. The van der Waals surface area contributed by atoms with E-state index in [1.54, 1.807) is 0 Å². The number of aliphatic hydroxyl groups excluding tert-OH is 3. The van der Waals surface area contributed by atoms with E-state index in [1.807, 2.05) is 0 Å². The highest BCUT2D eigenvalue weighted by atomic mass is 16.6. The van der Waals surface area contributed by atoms with Crippen LogP contribution in [0.1, 0.15) is 0 Å². The Kier molecular flexibility index (Phi) is 3.32. The molecule has 0 bridgehead atoms. The van der Waals surface area contributed by atoms with Crippen molar-refractivity contribution in [2.24, 2.45) is 10.7 Å². The number of rotatable bonds is 2. The number of amides is 1. The molecule has 1 amide bonds. The van der Waals surface area contributed by atoms with Crippen LogP contribution in [0.2, 0.25) is 0 Å². The van der Waals surface area contributed by atoms with Crippen molar-refractivity contribution in [3.63, 3.8) is 0 Å². The molecular weight excluding hydrogens is 246 g/mol. The summed E-state index contributed by atoms with van der Waals surface area (Å²) < 4.78 is 5.15. The number of carbonyl (C=O) groups is 1. The molecule has 5 atom stereocenters. The van der Waals surface area contributed by atoms with Gasteiger partial charge in [0.1, 0.15) is 12.2 Å². The van der Waals surface area contributed by atoms with Crippen LogP contribution >= 0.6 is 0 Å². The van der Waals surface area contributed by atoms with Gasteiger partial charge >= 0.3 is 5.91 Å². The largest absolute Gasteiger partial charge is 0.859 e. The van der Waals surface area contributed by atoms with Crippen LogP contribution in [0.25, 0.3) is 0 Å². The summed E-state index contributed by atoms with van der Waals surface area (Å²) in [5.41, 5.74) is 4.51. The molecule has 0 aromatic carbocycles. The minimum absolute atomic E-state index is 0.0636. The lowest BCUT2D eigenvalue weighted by molar-refractivity contribution is -0.777. The summed E-state index contributed by atoms with van der Waals surface area (Å²) in [6.45, 7) is -0.500. The fraction of sp³-hybridized carbons (Fsp3) is 0.556. The normalized spacial score (nSPS) is 42.6. The summed E-state index contributed by atoms with van der Waals surface area (Å²) in [7, 11) is 0. The summed E-state index contributed by atoms with van der Waals surface area (Å²) >= 11 is 0. The third-order valence-electron chi connectivity index (χ3n) is 2.89. The quantitative estimate of drug-likeness (QED) is 0.245. The van der Waals surface area contributed by atoms with Gasteiger partial charge in [0.05, 0.1) is 6.61 Å². The van der Waals surface area contributed by atoms with Gasteiger partial charge in [0.25, 0.3) is 0 Å². The van der Waals surface area contributed by atoms with Crippen molar-refractivity contribution in [2.45, 2.75) is 24.5 Å². The van der Waals surface area contributed by atoms with Crippen LogP contribution in [-0.2, 0) is 9.53 Å². The zero-order valence-electron chi connectivity index (χ0n) is 9.18. The minimum Gasteiger partial charge on any atom is -0.859 e. The van der Waals surface area contributed by atoms with Crippen LogP contribution in [0.15, 0.2) is 16.6 Å². The molecule has 0 aliphatic carbocycles. The van der Waals surface area contributed by atoms with Gasteiger partial charge < -0.3 is 30.9 Å². The molecule has 0 aromatic rings. The number of ether oxygens (including phenoxy) is 1. The Bertz CT molecular complexity index is 419. The van der Waals surface area contributed by atoms with Crippen LogP contribution in [-0.4, -0.2) is 58.7 Å². The van der Waals surface area contributed by atoms with E-state index in [9.17, 15) is 20.1 Å². The van der Waals surface area contributed by atoms with Crippen molar-refractivity contribution in [2.75, 3.05) is 6.61 Å². The van der Waals surface area contributed by atoms with Crippen LogP contribution < -0.4 is 15.7 Å². The monoisotopic (exact) mass is 259 g/mol. The van der Waals surface area contributed by atoms with Gasteiger partial charge in [0.15, 0.2) is 18.1 Å². The smallest absolute Gasteiger partial charge is 0.371 e. The lowest BCUT2D eigenvalue weighted by Gasteiger charge is -2.17. The summed E-state index contributed by atoms with van der Waals surface area (Å²) in [6.07, 6.45) is -3.74. The molecule has 0 aromatic heterocycles. The SMILES string of the molecule is N/C([O-])=C1\N=C[NH+]([C@@H]2O[C@H](CO)[C@@H](O)[C@H]2O)C1=O. The molecule has 2 aliphatic heterocycles. The molecule has 2 heterocycles. The second-order valence-electron chi connectivity index (χ2n) is 4.01. The number of hydrogen-bond donors (Lipinski definition) is 5. The van der Waals surface area contributed by atoms with E-state index in [4.69, 9.17) is 15.6 Å². The molecule has 0 spiro atoms. The van der Waals surface area contributed by atoms with Crippen LogP contribution in [0.4, 0.5) is 0 Å². The lowest BCUT2D eigenvalue weighted by Crippen LogP contribution is -3.17. The molecule has 0 saturated carbocycles. The first-order valence-corrected chi connectivity index (χ1v) is 5.22. The Morgan fingerprint density at radius 3 is 2.67 bits per heavy atom. The fourth-order valence-electron chi connectivity index (χ4n) is 1.92. The number of aliphatic imine (C=N–C) groups is 1. The highest BCUT2D eigenvalue weighted by Gasteiger charge is 2.51. The van der Waals surface area contributed by atoms with Crippen molar-refractivity contribution in [1.82, 2.24) is 0 Å². The van der Waals surface area contributed by atoms with Gasteiger partial charge in [-0.25, -0.2) is 4.79 Å². The highest BCUT2D eigenvalue weighted by Crippen LogP contribution is 2.18. The Morgan fingerprint density at radius 1 is 1.56 bits per heavy atom. The average Bonchev–Trinajstić information content (AvgIpc) is 2.82. The molecular formula is C9H13N3O6. The maximum atomic E-state index is 11.7. The predicted molar refractivity (Wildman–Crippen MR) is 53.4 cm³/mol. The summed E-state index contributed by atoms with van der Waals surface area (Å²) in [5, 5.41) is 39.1. The number of hydrogen-bond acceptors (Lipinski definition) is 8. The number of nitrogens with one attached hydrogen (secondary N) is 1. The zero-order chi connectivity index (χ0) is 13.4. The van der Waals surface area contributed by atoms with Crippen molar-refractivity contribution in [3.8, 4) is 0 Å². The Balaban J connectivity index is 2.18. The lowest BCUT2D eigenvalue weighted by atomic mass is 10.1. The maximum Gasteiger partial charge on any atom is 0.371 e. The third kappa shape index (κ3) is 1.87. The van der Waals surface area contributed by atoms with Gasteiger partial charge in [-0.15, -0.1) is 0 Å². The molecule has 9 heteroatoms. The van der Waals surface area contributed by atoms with Gasteiger partial charge in [-0.3, -0.25) is 0 Å². The molecule has 2 rings (SSSR count). The van der Waals surface area contributed by atoms with Crippen molar-refractivity contribution in [3.05, 3.63) is 11.6 Å². The van der Waals surface area contributed by atoms with Gasteiger partial charge in [-0.2, -0.15) is 9.89 Å². The number of nitrogens with zero attached hydrogens (tertiary/aromatic N) is 1. The van der Waals surface area contributed by atoms with Crippen molar-refractivity contribution < 1.29 is 34.9 Å². The van der Waals surface area contributed by atoms with Crippen LogP contribution in [0.5, 0.6) is 0 Å². The first-order chi connectivity index (χ1) is 8.47.